The van der Waals surface area contributed by atoms with Gasteiger partial charge in [0.2, 0.25) is 11.8 Å². The molecule has 6 nitrogen and oxygen atoms in total. The van der Waals surface area contributed by atoms with Crippen molar-refractivity contribution in [3.8, 4) is 0 Å². The molecule has 6 heteroatoms. The zero-order valence-electron chi connectivity index (χ0n) is 12.9. The van der Waals surface area contributed by atoms with E-state index in [4.69, 9.17) is 0 Å². The summed E-state index contributed by atoms with van der Waals surface area (Å²) < 4.78 is 0. The lowest BCUT2D eigenvalue weighted by Crippen LogP contribution is -2.45. The molecule has 0 aliphatic carbocycles. The van der Waals surface area contributed by atoms with Crippen molar-refractivity contribution in [2.75, 3.05) is 45.8 Å². The third-order valence-corrected chi connectivity index (χ3v) is 3.27. The van der Waals surface area contributed by atoms with E-state index >= 15 is 0 Å². The Labute approximate surface area is 121 Å². The van der Waals surface area contributed by atoms with Crippen LogP contribution in [0.4, 0.5) is 0 Å². The van der Waals surface area contributed by atoms with E-state index in [9.17, 15) is 9.59 Å². The van der Waals surface area contributed by atoms with Crippen LogP contribution in [0.25, 0.3) is 0 Å². The van der Waals surface area contributed by atoms with Crippen molar-refractivity contribution in [3.63, 3.8) is 0 Å². The molecular weight excluding hydrogens is 256 g/mol. The lowest BCUT2D eigenvalue weighted by Gasteiger charge is -2.27. The Morgan fingerprint density at radius 2 is 1.80 bits per heavy atom. The first-order valence-electron chi connectivity index (χ1n) is 7.37. The topological polar surface area (TPSA) is 73.5 Å². The first-order chi connectivity index (χ1) is 9.39. The second kappa shape index (κ2) is 8.21. The number of hydrogen-bond acceptors (Lipinski definition) is 4. The van der Waals surface area contributed by atoms with E-state index in [-0.39, 0.29) is 18.4 Å². The van der Waals surface area contributed by atoms with Crippen molar-refractivity contribution < 1.29 is 9.59 Å². The Bertz CT molecular complexity index is 320. The molecule has 3 N–H and O–H groups in total. The van der Waals surface area contributed by atoms with E-state index < -0.39 is 5.41 Å². The summed E-state index contributed by atoms with van der Waals surface area (Å²) in [5.74, 6) is -0.226. The highest BCUT2D eigenvalue weighted by atomic mass is 16.2. The summed E-state index contributed by atoms with van der Waals surface area (Å²) in [6, 6.07) is 0. The van der Waals surface area contributed by atoms with Gasteiger partial charge in [0.15, 0.2) is 0 Å². The van der Waals surface area contributed by atoms with Crippen molar-refractivity contribution >= 4 is 11.8 Å². The van der Waals surface area contributed by atoms with Crippen molar-refractivity contribution in [2.45, 2.75) is 27.2 Å². The van der Waals surface area contributed by atoms with E-state index in [2.05, 4.69) is 20.9 Å². The highest BCUT2D eigenvalue weighted by Crippen LogP contribution is 2.11. The molecule has 1 heterocycles. The van der Waals surface area contributed by atoms with Crippen LogP contribution < -0.4 is 16.0 Å². The molecule has 0 saturated carbocycles. The van der Waals surface area contributed by atoms with E-state index in [1.165, 1.54) is 0 Å². The monoisotopic (exact) mass is 284 g/mol. The van der Waals surface area contributed by atoms with Gasteiger partial charge in [0.1, 0.15) is 0 Å². The molecule has 0 radical (unpaired) electrons. The van der Waals surface area contributed by atoms with Crippen LogP contribution in [-0.4, -0.2) is 62.5 Å². The molecule has 0 atom stereocenters. The molecule has 1 aliphatic rings. The average Bonchev–Trinajstić information content (AvgIpc) is 2.41. The predicted molar refractivity (Wildman–Crippen MR) is 79.4 cm³/mol. The van der Waals surface area contributed by atoms with Gasteiger partial charge in [0.25, 0.3) is 0 Å². The van der Waals surface area contributed by atoms with E-state index in [1.54, 1.807) is 0 Å². The molecule has 2 amide bonds. The fraction of sp³-hybridized carbons (Fsp3) is 0.857. The van der Waals surface area contributed by atoms with Gasteiger partial charge in [-0.3, -0.25) is 9.59 Å². The summed E-state index contributed by atoms with van der Waals surface area (Å²) in [6.07, 6.45) is 0.943. The molecule has 116 valence electrons. The van der Waals surface area contributed by atoms with E-state index in [1.807, 2.05) is 20.8 Å². The highest BCUT2D eigenvalue weighted by Gasteiger charge is 2.21. The maximum Gasteiger partial charge on any atom is 0.239 e. The number of carbonyl (C=O) groups excluding carboxylic acids is 2. The average molecular weight is 284 g/mol. The third kappa shape index (κ3) is 6.86. The number of amides is 2. The van der Waals surface area contributed by atoms with Gasteiger partial charge in [-0.05, 0) is 13.0 Å². The fourth-order valence-electron chi connectivity index (χ4n) is 1.95. The zero-order valence-corrected chi connectivity index (χ0v) is 12.9. The number of carbonyl (C=O) groups is 2. The molecule has 20 heavy (non-hydrogen) atoms. The SMILES string of the molecule is CC(C)(C)C(=O)NCC(=O)NCCCN1CCNCC1. The Kier molecular flexibility index (Phi) is 6.95. The van der Waals surface area contributed by atoms with Crippen LogP contribution in [0.15, 0.2) is 0 Å². The minimum atomic E-state index is -0.456. The van der Waals surface area contributed by atoms with Crippen LogP contribution in [0, 0.1) is 5.41 Å². The van der Waals surface area contributed by atoms with Crippen LogP contribution in [0.1, 0.15) is 27.2 Å². The number of piperazine rings is 1. The van der Waals surface area contributed by atoms with Crippen molar-refractivity contribution in [1.82, 2.24) is 20.9 Å². The largest absolute Gasteiger partial charge is 0.355 e. The quantitative estimate of drug-likeness (QED) is 0.578. The van der Waals surface area contributed by atoms with Gasteiger partial charge in [-0.1, -0.05) is 20.8 Å². The molecule has 1 fully saturated rings. The Morgan fingerprint density at radius 1 is 1.15 bits per heavy atom. The molecule has 0 aromatic carbocycles. The maximum atomic E-state index is 11.6. The predicted octanol–water partition coefficient (Wildman–Crippen LogP) is -0.440. The van der Waals surface area contributed by atoms with Crippen LogP contribution in [0.2, 0.25) is 0 Å². The van der Waals surface area contributed by atoms with E-state index in [0.29, 0.717) is 6.54 Å². The lowest BCUT2D eigenvalue weighted by molar-refractivity contribution is -0.131. The maximum absolute atomic E-state index is 11.6. The summed E-state index contributed by atoms with van der Waals surface area (Å²) in [4.78, 5) is 25.6. The summed E-state index contributed by atoms with van der Waals surface area (Å²) in [5, 5.41) is 8.79. The third-order valence-electron chi connectivity index (χ3n) is 3.27. The van der Waals surface area contributed by atoms with Crippen LogP contribution in [0.5, 0.6) is 0 Å². The Balaban J connectivity index is 2.04. The van der Waals surface area contributed by atoms with Crippen LogP contribution in [-0.2, 0) is 9.59 Å². The first-order valence-corrected chi connectivity index (χ1v) is 7.37. The molecule has 0 aromatic rings. The summed E-state index contributed by atoms with van der Waals surface area (Å²) >= 11 is 0. The standard InChI is InChI=1S/C14H28N4O2/c1-14(2,3)13(20)17-11-12(19)16-5-4-8-18-9-6-15-7-10-18/h15H,4-11H2,1-3H3,(H,16,19)(H,17,20). The second-order valence-electron chi connectivity index (χ2n) is 6.23. The minimum Gasteiger partial charge on any atom is -0.355 e. The molecule has 1 aliphatic heterocycles. The molecule has 0 unspecified atom stereocenters. The Hall–Kier alpha value is -1.14. The molecular formula is C14H28N4O2. The van der Waals surface area contributed by atoms with Crippen LogP contribution >= 0.6 is 0 Å². The molecule has 1 saturated heterocycles. The number of hydrogen-bond donors (Lipinski definition) is 3. The van der Waals surface area contributed by atoms with Crippen molar-refractivity contribution in [2.24, 2.45) is 5.41 Å². The minimum absolute atomic E-state index is 0.0593. The van der Waals surface area contributed by atoms with Gasteiger partial charge in [-0.15, -0.1) is 0 Å². The summed E-state index contributed by atoms with van der Waals surface area (Å²) in [6.45, 7) is 11.5. The summed E-state index contributed by atoms with van der Waals surface area (Å²) in [7, 11) is 0. The van der Waals surface area contributed by atoms with Gasteiger partial charge in [0, 0.05) is 38.1 Å². The molecule has 0 spiro atoms. The van der Waals surface area contributed by atoms with Gasteiger partial charge >= 0.3 is 0 Å². The summed E-state index contributed by atoms with van der Waals surface area (Å²) in [5.41, 5.74) is -0.456. The number of nitrogens with one attached hydrogen (secondary N) is 3. The van der Waals surface area contributed by atoms with Crippen LogP contribution in [0.3, 0.4) is 0 Å². The van der Waals surface area contributed by atoms with Gasteiger partial charge in [-0.2, -0.15) is 0 Å². The lowest BCUT2D eigenvalue weighted by atomic mass is 9.96. The van der Waals surface area contributed by atoms with Crippen molar-refractivity contribution in [1.29, 1.82) is 0 Å². The van der Waals surface area contributed by atoms with Gasteiger partial charge < -0.3 is 20.9 Å². The van der Waals surface area contributed by atoms with Gasteiger partial charge in [-0.25, -0.2) is 0 Å². The molecule has 1 rings (SSSR count). The van der Waals surface area contributed by atoms with E-state index in [0.717, 1.165) is 39.1 Å². The first kappa shape index (κ1) is 16.9. The van der Waals surface area contributed by atoms with Crippen molar-refractivity contribution in [3.05, 3.63) is 0 Å². The Morgan fingerprint density at radius 3 is 2.40 bits per heavy atom. The van der Waals surface area contributed by atoms with Gasteiger partial charge in [0.05, 0.1) is 6.54 Å². The zero-order chi connectivity index (χ0) is 15.0. The highest BCUT2D eigenvalue weighted by molar-refractivity contribution is 5.87. The number of nitrogens with zero attached hydrogens (tertiary/aromatic N) is 1. The molecule has 0 aromatic heterocycles. The second-order valence-corrected chi connectivity index (χ2v) is 6.23. The molecule has 0 bridgehead atoms. The normalized spacial score (nSPS) is 16.8. The smallest absolute Gasteiger partial charge is 0.239 e. The number of rotatable bonds is 6. The fourth-order valence-corrected chi connectivity index (χ4v) is 1.95.